The molecule has 7 heteroatoms. The minimum Gasteiger partial charge on any atom is -0.317 e. The first-order valence-electron chi connectivity index (χ1n) is 11.3. The van der Waals surface area contributed by atoms with Crippen molar-refractivity contribution in [1.82, 2.24) is 4.90 Å². The number of anilines is 1. The highest BCUT2D eigenvalue weighted by Gasteiger charge is 2.64. The quantitative estimate of drug-likeness (QED) is 0.691. The number of carbonyl (C=O) groups excluding carboxylic acids is 3. The van der Waals surface area contributed by atoms with Crippen LogP contribution in [0.4, 0.5) is 5.00 Å². The van der Waals surface area contributed by atoms with Gasteiger partial charge in [-0.25, -0.2) is 0 Å². The molecule has 0 aromatic carbocycles. The number of piperidine rings is 1. The van der Waals surface area contributed by atoms with E-state index in [2.05, 4.69) is 18.3 Å². The number of nitrogens with zero attached hydrogens (tertiary/aromatic N) is 2. The molecule has 0 radical (unpaired) electrons. The van der Waals surface area contributed by atoms with Crippen molar-refractivity contribution in [2.24, 2.45) is 22.7 Å². The highest BCUT2D eigenvalue weighted by atomic mass is 32.1. The second kappa shape index (κ2) is 7.74. The van der Waals surface area contributed by atoms with E-state index in [0.29, 0.717) is 22.9 Å². The SMILES string of the molecule is CC1CCc2c(sc(NC(=O)CCCN3C(=O)C4CCC(C)(C3=O)C4(C)C)c2C#N)C1. The van der Waals surface area contributed by atoms with E-state index in [1.54, 1.807) is 0 Å². The number of carbonyl (C=O) groups is 3. The van der Waals surface area contributed by atoms with Gasteiger partial charge in [-0.3, -0.25) is 19.3 Å². The summed E-state index contributed by atoms with van der Waals surface area (Å²) < 4.78 is 0. The predicted molar refractivity (Wildman–Crippen MR) is 119 cm³/mol. The average molecular weight is 442 g/mol. The molecule has 2 aliphatic carbocycles. The Morgan fingerprint density at radius 1 is 1.29 bits per heavy atom. The van der Waals surface area contributed by atoms with Crippen LogP contribution in [0.5, 0.6) is 0 Å². The zero-order chi connectivity index (χ0) is 22.6. The molecule has 3 amide bonds. The summed E-state index contributed by atoms with van der Waals surface area (Å²) in [5.41, 5.74) is 0.867. The Bertz CT molecular complexity index is 989. The summed E-state index contributed by atoms with van der Waals surface area (Å²) in [7, 11) is 0. The maximum atomic E-state index is 13.1. The van der Waals surface area contributed by atoms with Gasteiger partial charge in [-0.15, -0.1) is 11.3 Å². The fraction of sp³-hybridized carbons (Fsp3) is 0.667. The molecule has 2 bridgehead atoms. The first-order valence-corrected chi connectivity index (χ1v) is 12.1. The zero-order valence-electron chi connectivity index (χ0n) is 18.8. The van der Waals surface area contributed by atoms with Gasteiger partial charge < -0.3 is 5.32 Å². The second-order valence-corrected chi connectivity index (χ2v) is 11.4. The van der Waals surface area contributed by atoms with E-state index < -0.39 is 5.41 Å². The van der Waals surface area contributed by atoms with Crippen molar-refractivity contribution in [2.75, 3.05) is 11.9 Å². The number of hydrogen-bond donors (Lipinski definition) is 1. The van der Waals surface area contributed by atoms with Gasteiger partial charge in [0.05, 0.1) is 11.0 Å². The van der Waals surface area contributed by atoms with Crippen molar-refractivity contribution in [3.63, 3.8) is 0 Å². The number of nitriles is 1. The van der Waals surface area contributed by atoms with Crippen LogP contribution in [0, 0.1) is 34.0 Å². The molecule has 1 aliphatic heterocycles. The lowest BCUT2D eigenvalue weighted by molar-refractivity contribution is -0.168. The Morgan fingerprint density at radius 2 is 2.03 bits per heavy atom. The van der Waals surface area contributed by atoms with E-state index in [4.69, 9.17) is 0 Å². The number of imide groups is 1. The molecular weight excluding hydrogens is 410 g/mol. The lowest BCUT2D eigenvalue weighted by Crippen LogP contribution is -2.59. The van der Waals surface area contributed by atoms with Gasteiger partial charge in [0, 0.05) is 23.8 Å². The Labute approximate surface area is 188 Å². The third kappa shape index (κ3) is 3.40. The highest BCUT2D eigenvalue weighted by Crippen LogP contribution is 2.60. The van der Waals surface area contributed by atoms with Gasteiger partial charge in [0.1, 0.15) is 11.1 Å². The summed E-state index contributed by atoms with van der Waals surface area (Å²) in [4.78, 5) is 41.2. The van der Waals surface area contributed by atoms with Gasteiger partial charge in [-0.1, -0.05) is 27.7 Å². The van der Waals surface area contributed by atoms with Crippen LogP contribution in [-0.4, -0.2) is 29.2 Å². The van der Waals surface area contributed by atoms with E-state index in [0.717, 1.165) is 37.7 Å². The molecule has 1 saturated carbocycles. The largest absolute Gasteiger partial charge is 0.317 e. The van der Waals surface area contributed by atoms with Gasteiger partial charge in [0.25, 0.3) is 0 Å². The van der Waals surface area contributed by atoms with Crippen LogP contribution < -0.4 is 5.32 Å². The lowest BCUT2D eigenvalue weighted by atomic mass is 9.62. The van der Waals surface area contributed by atoms with Crippen LogP contribution in [0.15, 0.2) is 0 Å². The fourth-order valence-corrected chi connectivity index (χ4v) is 7.03. The number of fused-ring (bicyclic) bond motifs is 3. The number of thiophene rings is 1. The van der Waals surface area contributed by atoms with Gasteiger partial charge in [0.15, 0.2) is 0 Å². The van der Waals surface area contributed by atoms with Gasteiger partial charge in [-0.2, -0.15) is 5.26 Å². The minimum absolute atomic E-state index is 0.0859. The molecular formula is C24H31N3O3S. The van der Waals surface area contributed by atoms with Crippen molar-refractivity contribution < 1.29 is 14.4 Å². The van der Waals surface area contributed by atoms with Crippen LogP contribution in [0.2, 0.25) is 0 Å². The van der Waals surface area contributed by atoms with Crippen LogP contribution in [-0.2, 0) is 27.2 Å². The Kier molecular flexibility index (Phi) is 5.49. The van der Waals surface area contributed by atoms with E-state index in [-0.39, 0.29) is 42.0 Å². The fourth-order valence-electron chi connectivity index (χ4n) is 5.66. The van der Waals surface area contributed by atoms with Gasteiger partial charge >= 0.3 is 0 Å². The number of rotatable bonds is 5. The third-order valence-electron chi connectivity index (χ3n) is 8.17. The molecule has 4 rings (SSSR count). The molecule has 31 heavy (non-hydrogen) atoms. The molecule has 3 unspecified atom stereocenters. The number of amides is 3. The topological polar surface area (TPSA) is 90.3 Å². The van der Waals surface area contributed by atoms with E-state index in [9.17, 15) is 19.6 Å². The van der Waals surface area contributed by atoms with E-state index >= 15 is 0 Å². The first kappa shape index (κ1) is 22.0. The molecule has 3 atom stereocenters. The number of hydrogen-bond acceptors (Lipinski definition) is 5. The average Bonchev–Trinajstić information content (AvgIpc) is 3.13. The smallest absolute Gasteiger partial charge is 0.235 e. The summed E-state index contributed by atoms with van der Waals surface area (Å²) in [6.07, 6.45) is 5.05. The van der Waals surface area contributed by atoms with Crippen molar-refractivity contribution in [1.29, 1.82) is 5.26 Å². The van der Waals surface area contributed by atoms with Crippen LogP contribution in [0.1, 0.15) is 75.8 Å². The van der Waals surface area contributed by atoms with E-state index in [1.807, 2.05) is 20.8 Å². The van der Waals surface area contributed by atoms with Crippen molar-refractivity contribution in [3.8, 4) is 6.07 Å². The van der Waals surface area contributed by atoms with E-state index in [1.165, 1.54) is 21.1 Å². The van der Waals surface area contributed by atoms with Crippen molar-refractivity contribution in [2.45, 2.75) is 72.6 Å². The molecule has 1 aromatic heterocycles. The minimum atomic E-state index is -0.511. The Balaban J connectivity index is 1.37. The molecule has 3 aliphatic rings. The first-order chi connectivity index (χ1) is 14.6. The molecule has 1 saturated heterocycles. The zero-order valence-corrected chi connectivity index (χ0v) is 19.7. The Morgan fingerprint density at radius 3 is 2.74 bits per heavy atom. The summed E-state index contributed by atoms with van der Waals surface area (Å²) >= 11 is 1.52. The molecule has 1 aromatic rings. The molecule has 166 valence electrons. The monoisotopic (exact) mass is 441 g/mol. The maximum Gasteiger partial charge on any atom is 0.235 e. The van der Waals surface area contributed by atoms with Gasteiger partial charge in [-0.05, 0) is 55.4 Å². The van der Waals surface area contributed by atoms with Crippen LogP contribution in [0.25, 0.3) is 0 Å². The highest BCUT2D eigenvalue weighted by molar-refractivity contribution is 7.16. The number of likely N-dealkylation sites (tertiary alicyclic amines) is 1. The van der Waals surface area contributed by atoms with Crippen molar-refractivity contribution in [3.05, 3.63) is 16.0 Å². The standard InChI is InChI=1S/C24H31N3O3S/c1-14-7-8-15-16(13-25)20(31-18(15)12-14)26-19(28)6-5-11-27-21(29)17-9-10-24(4,22(27)30)23(17,2)3/h14,17H,5-12H2,1-4H3,(H,26,28). The summed E-state index contributed by atoms with van der Waals surface area (Å²) in [6, 6.07) is 2.27. The maximum absolute atomic E-state index is 13.1. The molecule has 0 spiro atoms. The molecule has 6 nitrogen and oxygen atoms in total. The van der Waals surface area contributed by atoms with Crippen molar-refractivity contribution >= 4 is 34.1 Å². The van der Waals surface area contributed by atoms with Crippen LogP contribution in [0.3, 0.4) is 0 Å². The summed E-state index contributed by atoms with van der Waals surface area (Å²) in [5, 5.41) is 13.1. The third-order valence-corrected chi connectivity index (χ3v) is 9.34. The predicted octanol–water partition coefficient (Wildman–Crippen LogP) is 4.27. The number of nitrogens with one attached hydrogen (secondary N) is 1. The lowest BCUT2D eigenvalue weighted by Gasteiger charge is -2.47. The molecule has 1 N–H and O–H groups in total. The molecule has 2 heterocycles. The van der Waals surface area contributed by atoms with Gasteiger partial charge in [0.2, 0.25) is 17.7 Å². The van der Waals surface area contributed by atoms with Crippen LogP contribution >= 0.6 is 11.3 Å². The normalized spacial score (nSPS) is 28.9. The summed E-state index contributed by atoms with van der Waals surface area (Å²) in [6.45, 7) is 8.52. The Hall–Kier alpha value is -2.20. The second-order valence-electron chi connectivity index (χ2n) is 10.3. The molecule has 2 fully saturated rings. The summed E-state index contributed by atoms with van der Waals surface area (Å²) in [5.74, 6) is 0.125.